The largest absolute Gasteiger partial charge is 0.416 e. The molecule has 6 rings (SSSR count). The number of piperazine rings is 1. The first kappa shape index (κ1) is 22.8. The van der Waals surface area contributed by atoms with Crippen molar-refractivity contribution in [2.75, 3.05) is 36.0 Å². The van der Waals surface area contributed by atoms with Crippen LogP contribution in [0.15, 0.2) is 48.5 Å². The van der Waals surface area contributed by atoms with E-state index in [1.54, 1.807) is 6.07 Å². The van der Waals surface area contributed by atoms with Crippen molar-refractivity contribution in [1.29, 1.82) is 0 Å². The molecule has 2 aromatic heterocycles. The average molecular weight is 493 g/mol. The fourth-order valence-electron chi connectivity index (χ4n) is 5.24. The second-order valence-electron chi connectivity index (χ2n) is 9.64. The lowest BCUT2D eigenvalue weighted by Gasteiger charge is -2.38. The van der Waals surface area contributed by atoms with Crippen molar-refractivity contribution in [3.05, 3.63) is 82.3 Å². The first-order chi connectivity index (χ1) is 17.3. The molecule has 0 bridgehead atoms. The summed E-state index contributed by atoms with van der Waals surface area (Å²) < 4.78 is 41.5. The van der Waals surface area contributed by atoms with Crippen LogP contribution in [0.2, 0.25) is 0 Å². The second kappa shape index (κ2) is 8.80. The molecule has 186 valence electrons. The molecule has 2 aromatic carbocycles. The molecule has 0 unspecified atom stereocenters. The van der Waals surface area contributed by atoms with Crippen LogP contribution in [0.3, 0.4) is 0 Å². The molecule has 3 heterocycles. The van der Waals surface area contributed by atoms with Gasteiger partial charge in [-0.05, 0) is 49.9 Å². The molecule has 1 saturated heterocycles. The summed E-state index contributed by atoms with van der Waals surface area (Å²) in [5, 5.41) is 4.86. The summed E-state index contributed by atoms with van der Waals surface area (Å²) in [6, 6.07) is 14.0. The molecule has 9 heteroatoms. The van der Waals surface area contributed by atoms with E-state index >= 15 is 0 Å². The molecule has 6 nitrogen and oxygen atoms in total. The number of fused-ring (bicyclic) bond motifs is 2. The normalized spacial score (nSPS) is 16.1. The van der Waals surface area contributed by atoms with Crippen LogP contribution in [0.25, 0.3) is 5.78 Å². The third kappa shape index (κ3) is 4.27. The van der Waals surface area contributed by atoms with Gasteiger partial charge in [0.15, 0.2) is 5.82 Å². The Morgan fingerprint density at radius 1 is 0.889 bits per heavy atom. The van der Waals surface area contributed by atoms with E-state index in [4.69, 9.17) is 15.1 Å². The SMILES string of the molecule is Cc1ccc(Cc2nc3nc4c(c(N5CCN(c6cccc(C(F)(F)F)c6)CC5)n3n2)CCC4)cc1. The Morgan fingerprint density at radius 3 is 2.39 bits per heavy atom. The zero-order valence-corrected chi connectivity index (χ0v) is 20.1. The van der Waals surface area contributed by atoms with Gasteiger partial charge in [0.05, 0.1) is 11.3 Å². The first-order valence-corrected chi connectivity index (χ1v) is 12.4. The third-order valence-electron chi connectivity index (χ3n) is 7.13. The molecular formula is C27H27F3N6. The topological polar surface area (TPSA) is 49.6 Å². The number of hydrogen-bond acceptors (Lipinski definition) is 5. The summed E-state index contributed by atoms with van der Waals surface area (Å²) in [6.07, 6.45) is -0.762. The smallest absolute Gasteiger partial charge is 0.368 e. The number of aryl methyl sites for hydroxylation is 2. The van der Waals surface area contributed by atoms with Crippen LogP contribution in [-0.2, 0) is 25.4 Å². The molecule has 1 fully saturated rings. The number of nitrogens with zero attached hydrogens (tertiary/aromatic N) is 6. The van der Waals surface area contributed by atoms with E-state index in [9.17, 15) is 13.2 Å². The van der Waals surface area contributed by atoms with Crippen molar-refractivity contribution in [2.45, 2.75) is 38.8 Å². The van der Waals surface area contributed by atoms with E-state index in [1.807, 2.05) is 9.42 Å². The van der Waals surface area contributed by atoms with Gasteiger partial charge in [0.2, 0.25) is 0 Å². The van der Waals surface area contributed by atoms with E-state index in [0.717, 1.165) is 48.2 Å². The number of hydrogen-bond donors (Lipinski definition) is 0. The number of rotatable bonds is 4. The monoisotopic (exact) mass is 492 g/mol. The molecule has 0 amide bonds. The third-order valence-corrected chi connectivity index (χ3v) is 7.13. The number of halogens is 3. The zero-order chi connectivity index (χ0) is 24.9. The number of benzene rings is 2. The van der Waals surface area contributed by atoms with Crippen molar-refractivity contribution >= 4 is 17.3 Å². The van der Waals surface area contributed by atoms with Crippen molar-refractivity contribution in [3.63, 3.8) is 0 Å². The van der Waals surface area contributed by atoms with Crippen molar-refractivity contribution < 1.29 is 13.2 Å². The molecule has 2 aliphatic rings. The molecule has 4 aromatic rings. The van der Waals surface area contributed by atoms with E-state index in [2.05, 4.69) is 36.1 Å². The Bertz CT molecular complexity index is 1400. The van der Waals surface area contributed by atoms with Crippen LogP contribution < -0.4 is 9.80 Å². The predicted octanol–water partition coefficient (Wildman–Crippen LogP) is 4.86. The number of alkyl halides is 3. The molecule has 0 N–H and O–H groups in total. The van der Waals surface area contributed by atoms with Crippen LogP contribution in [0, 0.1) is 6.92 Å². The molecule has 36 heavy (non-hydrogen) atoms. The number of aromatic nitrogens is 4. The van der Waals surface area contributed by atoms with Gasteiger partial charge in [0, 0.05) is 43.9 Å². The summed E-state index contributed by atoms with van der Waals surface area (Å²) in [6.45, 7) is 4.71. The summed E-state index contributed by atoms with van der Waals surface area (Å²) in [5.74, 6) is 2.39. The molecule has 0 saturated carbocycles. The fraction of sp³-hybridized carbons (Fsp3) is 0.370. The summed E-state index contributed by atoms with van der Waals surface area (Å²) in [7, 11) is 0. The van der Waals surface area contributed by atoms with Crippen LogP contribution in [0.1, 0.15) is 40.2 Å². The van der Waals surface area contributed by atoms with Crippen LogP contribution in [0.5, 0.6) is 0 Å². The quantitative estimate of drug-likeness (QED) is 0.407. The summed E-state index contributed by atoms with van der Waals surface area (Å²) in [5.41, 5.74) is 4.68. The van der Waals surface area contributed by atoms with E-state index in [-0.39, 0.29) is 0 Å². The highest BCUT2D eigenvalue weighted by Crippen LogP contribution is 2.34. The molecule has 0 spiro atoms. The van der Waals surface area contributed by atoms with Gasteiger partial charge in [0.1, 0.15) is 5.82 Å². The van der Waals surface area contributed by atoms with Gasteiger partial charge < -0.3 is 9.80 Å². The van der Waals surface area contributed by atoms with Gasteiger partial charge in [-0.1, -0.05) is 35.9 Å². The molecule has 1 aliphatic carbocycles. The molecule has 0 atom stereocenters. The summed E-state index contributed by atoms with van der Waals surface area (Å²) in [4.78, 5) is 13.9. The van der Waals surface area contributed by atoms with Crippen molar-refractivity contribution in [1.82, 2.24) is 19.6 Å². The minimum absolute atomic E-state index is 0.607. The Balaban J connectivity index is 1.28. The van der Waals surface area contributed by atoms with E-state index < -0.39 is 11.7 Å². The van der Waals surface area contributed by atoms with E-state index in [1.165, 1.54) is 23.3 Å². The van der Waals surface area contributed by atoms with Gasteiger partial charge in [-0.25, -0.2) is 4.98 Å². The minimum Gasteiger partial charge on any atom is -0.368 e. The molecule has 0 radical (unpaired) electrons. The van der Waals surface area contributed by atoms with Crippen LogP contribution in [0.4, 0.5) is 24.7 Å². The van der Waals surface area contributed by atoms with Crippen molar-refractivity contribution in [2.24, 2.45) is 0 Å². The maximum absolute atomic E-state index is 13.2. The maximum Gasteiger partial charge on any atom is 0.416 e. The van der Waals surface area contributed by atoms with Gasteiger partial charge >= 0.3 is 6.18 Å². The molecular weight excluding hydrogens is 465 g/mol. The first-order valence-electron chi connectivity index (χ1n) is 12.4. The number of anilines is 2. The fourth-order valence-corrected chi connectivity index (χ4v) is 5.24. The lowest BCUT2D eigenvalue weighted by molar-refractivity contribution is -0.137. The van der Waals surface area contributed by atoms with Gasteiger partial charge in [-0.15, -0.1) is 5.10 Å². The van der Waals surface area contributed by atoms with Crippen LogP contribution >= 0.6 is 0 Å². The van der Waals surface area contributed by atoms with Gasteiger partial charge in [-0.3, -0.25) is 0 Å². The minimum atomic E-state index is -4.34. The lowest BCUT2D eigenvalue weighted by Crippen LogP contribution is -2.47. The lowest BCUT2D eigenvalue weighted by atomic mass is 10.1. The zero-order valence-electron chi connectivity index (χ0n) is 20.1. The van der Waals surface area contributed by atoms with Crippen molar-refractivity contribution in [3.8, 4) is 0 Å². The van der Waals surface area contributed by atoms with Gasteiger partial charge in [-0.2, -0.15) is 22.7 Å². The summed E-state index contributed by atoms with van der Waals surface area (Å²) >= 11 is 0. The van der Waals surface area contributed by atoms with Crippen LogP contribution in [-0.4, -0.2) is 45.8 Å². The Hall–Kier alpha value is -3.62. The maximum atomic E-state index is 13.2. The van der Waals surface area contributed by atoms with E-state index in [0.29, 0.717) is 44.1 Å². The Kier molecular flexibility index (Phi) is 5.58. The van der Waals surface area contributed by atoms with Gasteiger partial charge in [0.25, 0.3) is 5.78 Å². The highest BCUT2D eigenvalue weighted by molar-refractivity contribution is 5.58. The highest BCUT2D eigenvalue weighted by atomic mass is 19.4. The second-order valence-corrected chi connectivity index (χ2v) is 9.64. The average Bonchev–Trinajstić information content (AvgIpc) is 3.50. The predicted molar refractivity (Wildman–Crippen MR) is 133 cm³/mol. The highest BCUT2D eigenvalue weighted by Gasteiger charge is 2.32. The Morgan fingerprint density at radius 2 is 1.64 bits per heavy atom. The molecule has 1 aliphatic heterocycles. The standard InChI is InChI=1S/C27H27F3N6/c1-18-8-10-19(11-9-18)16-24-32-26-31-23-7-3-6-22(23)25(36(26)33-24)35-14-12-34(13-15-35)21-5-2-4-20(17-21)27(28,29)30/h2,4-5,8-11,17H,3,6-7,12-16H2,1H3. The Labute approximate surface area is 207 Å².